The molecule has 0 amide bonds. The first-order valence-corrected chi connectivity index (χ1v) is 21.3. The molecule has 18 unspecified atom stereocenters. The molecule has 4 aliphatic carbocycles. The summed E-state index contributed by atoms with van der Waals surface area (Å²) in [5, 5.41) is 49.1. The second kappa shape index (κ2) is 16.2. The van der Waals surface area contributed by atoms with Gasteiger partial charge in [0.1, 0.15) is 35.6 Å². The number of carbonyl (C=O) groups is 2. The predicted octanol–water partition coefficient (Wildman–Crippen LogP) is 4.21. The third-order valence-electron chi connectivity index (χ3n) is 16.0. The number of fused-ring (bicyclic) bond motifs is 5. The van der Waals surface area contributed by atoms with Gasteiger partial charge in [-0.25, -0.2) is 4.79 Å². The number of aliphatic hydroxyl groups is 4. The van der Waals surface area contributed by atoms with E-state index in [9.17, 15) is 30.0 Å². The monoisotopic (exact) mass is 818 g/mol. The van der Waals surface area contributed by atoms with Gasteiger partial charge in [-0.15, -0.1) is 0 Å². The Labute approximate surface area is 342 Å². The van der Waals surface area contributed by atoms with Crippen molar-refractivity contribution in [3.05, 3.63) is 35.9 Å². The minimum Gasteiger partial charge on any atom is -0.462 e. The molecule has 18 atom stereocenters. The normalized spacial score (nSPS) is 48.2. The first-order chi connectivity index (χ1) is 27.3. The van der Waals surface area contributed by atoms with Crippen LogP contribution in [0.2, 0.25) is 0 Å². The van der Waals surface area contributed by atoms with Crippen LogP contribution in [0.4, 0.5) is 0 Å². The Morgan fingerprint density at radius 1 is 0.828 bits per heavy atom. The fraction of sp³-hybridized carbons (Fsp3) is 0.818. The number of carbonyl (C=O) groups excluding carboxylic acids is 2. The van der Waals surface area contributed by atoms with Gasteiger partial charge in [0.15, 0.2) is 12.6 Å². The molecular weight excluding hydrogens is 752 g/mol. The summed E-state index contributed by atoms with van der Waals surface area (Å²) in [4.78, 5) is 26.0. The van der Waals surface area contributed by atoms with E-state index in [1.165, 1.54) is 6.92 Å². The highest BCUT2D eigenvalue weighted by atomic mass is 16.7. The molecule has 6 fully saturated rings. The van der Waals surface area contributed by atoms with Crippen LogP contribution in [-0.4, -0.2) is 131 Å². The van der Waals surface area contributed by atoms with Crippen molar-refractivity contribution < 1.29 is 67.9 Å². The van der Waals surface area contributed by atoms with Crippen LogP contribution in [0.5, 0.6) is 0 Å². The second-order valence-corrected chi connectivity index (χ2v) is 18.6. The summed E-state index contributed by atoms with van der Waals surface area (Å²) in [5.41, 5.74) is -7.00. The SMILES string of the molecule is COC1CC(OC2C(C)OC(OC3CCC4(C)C(CCC5(O)C4CC(OC(C)=O)C4(C)C(O)(C(C)OC(=O)c6ccccc6)CCC54O)C3)CC2OC)OC(C)C1O. The Bertz CT molecular complexity index is 1630. The van der Waals surface area contributed by atoms with Gasteiger partial charge in [0, 0.05) is 34.0 Å². The summed E-state index contributed by atoms with van der Waals surface area (Å²) in [6.07, 6.45) is -1.96. The van der Waals surface area contributed by atoms with Crippen LogP contribution in [0.3, 0.4) is 0 Å². The molecule has 2 aliphatic heterocycles. The number of rotatable bonds is 10. The van der Waals surface area contributed by atoms with Gasteiger partial charge < -0.3 is 58.3 Å². The summed E-state index contributed by atoms with van der Waals surface area (Å²) < 4.78 is 48.8. The van der Waals surface area contributed by atoms with Crippen molar-refractivity contribution >= 4 is 11.9 Å². The topological polar surface area (TPSA) is 189 Å². The van der Waals surface area contributed by atoms with Gasteiger partial charge in [0.25, 0.3) is 0 Å². The zero-order chi connectivity index (χ0) is 42.0. The molecule has 14 heteroatoms. The highest BCUT2D eigenvalue weighted by Gasteiger charge is 2.82. The maximum Gasteiger partial charge on any atom is 0.338 e. The average Bonchev–Trinajstić information content (AvgIpc) is 3.42. The van der Waals surface area contributed by atoms with Crippen LogP contribution >= 0.6 is 0 Å². The van der Waals surface area contributed by atoms with Crippen molar-refractivity contribution in [3.8, 4) is 0 Å². The van der Waals surface area contributed by atoms with E-state index in [1.54, 1.807) is 65.3 Å². The van der Waals surface area contributed by atoms with E-state index in [-0.39, 0.29) is 49.9 Å². The molecule has 4 saturated carbocycles. The maximum absolute atomic E-state index is 13.2. The summed E-state index contributed by atoms with van der Waals surface area (Å²) >= 11 is 0. The lowest BCUT2D eigenvalue weighted by Gasteiger charge is -2.69. The molecule has 0 aromatic heterocycles. The molecule has 6 aliphatic rings. The summed E-state index contributed by atoms with van der Waals surface area (Å²) in [6.45, 7) is 10.5. The first-order valence-electron chi connectivity index (χ1n) is 21.3. The van der Waals surface area contributed by atoms with Crippen LogP contribution < -0.4 is 0 Å². The Morgan fingerprint density at radius 2 is 1.48 bits per heavy atom. The fourth-order valence-electron chi connectivity index (χ4n) is 12.5. The number of aliphatic hydroxyl groups excluding tert-OH is 1. The number of esters is 2. The van der Waals surface area contributed by atoms with Crippen molar-refractivity contribution in [2.45, 2.75) is 190 Å². The summed E-state index contributed by atoms with van der Waals surface area (Å²) in [5.74, 6) is -1.51. The standard InChI is InChI=1S/C44H66O14/c1-24-37(46)31(51-7)21-36(53-24)58-38-25(2)54-35(22-32(38)52-8)57-30-15-16-40(5)29(20-30)14-17-43(49)33(40)23-34(56-27(4)45)41(6)42(48,18-19-44(41,43)50)26(3)55-39(47)28-12-10-9-11-13-28/h9-13,24-26,29-38,46,48-50H,14-23H2,1-8H3. The molecule has 14 nitrogen and oxygen atoms in total. The molecule has 4 N–H and O–H groups in total. The van der Waals surface area contributed by atoms with Crippen LogP contribution in [0, 0.1) is 22.7 Å². The van der Waals surface area contributed by atoms with Gasteiger partial charge in [-0.1, -0.05) is 32.0 Å². The molecule has 0 radical (unpaired) electrons. The van der Waals surface area contributed by atoms with Gasteiger partial charge >= 0.3 is 11.9 Å². The summed E-state index contributed by atoms with van der Waals surface area (Å²) in [6, 6.07) is 8.50. The molecule has 1 aromatic rings. The molecule has 58 heavy (non-hydrogen) atoms. The van der Waals surface area contributed by atoms with Crippen LogP contribution in [0.25, 0.3) is 0 Å². The zero-order valence-corrected chi connectivity index (χ0v) is 35.3. The van der Waals surface area contributed by atoms with E-state index < -0.39 is 94.7 Å². The van der Waals surface area contributed by atoms with E-state index in [4.69, 9.17) is 37.9 Å². The lowest BCUT2D eigenvalue weighted by Crippen LogP contribution is -2.79. The van der Waals surface area contributed by atoms with Crippen molar-refractivity contribution in [2.24, 2.45) is 22.7 Å². The molecule has 2 heterocycles. The molecule has 7 rings (SSSR count). The van der Waals surface area contributed by atoms with Crippen LogP contribution in [-0.2, 0) is 42.7 Å². The van der Waals surface area contributed by atoms with E-state index in [1.807, 2.05) is 6.92 Å². The fourth-order valence-corrected chi connectivity index (χ4v) is 12.5. The lowest BCUT2D eigenvalue weighted by atomic mass is 9.40. The molecule has 0 bridgehead atoms. The van der Waals surface area contributed by atoms with Crippen molar-refractivity contribution in [3.63, 3.8) is 0 Å². The summed E-state index contributed by atoms with van der Waals surface area (Å²) in [7, 11) is 3.21. The van der Waals surface area contributed by atoms with Gasteiger partial charge in [-0.05, 0) is 102 Å². The number of benzene rings is 1. The highest BCUT2D eigenvalue weighted by molar-refractivity contribution is 5.89. The predicted molar refractivity (Wildman–Crippen MR) is 207 cm³/mol. The van der Waals surface area contributed by atoms with Crippen LogP contribution in [0.1, 0.15) is 116 Å². The Balaban J connectivity index is 1.05. The minimum atomic E-state index is -1.86. The molecule has 326 valence electrons. The Morgan fingerprint density at radius 3 is 2.16 bits per heavy atom. The molecule has 2 saturated heterocycles. The van der Waals surface area contributed by atoms with Gasteiger partial charge in [-0.3, -0.25) is 4.79 Å². The Hall–Kier alpha value is -2.24. The van der Waals surface area contributed by atoms with Crippen molar-refractivity contribution in [1.82, 2.24) is 0 Å². The number of ether oxygens (including phenoxy) is 8. The van der Waals surface area contributed by atoms with E-state index >= 15 is 0 Å². The van der Waals surface area contributed by atoms with E-state index in [0.717, 1.165) is 0 Å². The molecule has 0 spiro atoms. The van der Waals surface area contributed by atoms with E-state index in [2.05, 4.69) is 6.92 Å². The van der Waals surface area contributed by atoms with E-state index in [0.29, 0.717) is 44.1 Å². The zero-order valence-electron chi connectivity index (χ0n) is 35.3. The van der Waals surface area contributed by atoms with Crippen LogP contribution in [0.15, 0.2) is 30.3 Å². The largest absolute Gasteiger partial charge is 0.462 e. The molecule has 1 aromatic carbocycles. The maximum atomic E-state index is 13.2. The van der Waals surface area contributed by atoms with Crippen molar-refractivity contribution in [2.75, 3.05) is 14.2 Å². The Kier molecular flexibility index (Phi) is 12.3. The third-order valence-corrected chi connectivity index (χ3v) is 16.0. The quantitative estimate of drug-likeness (QED) is 0.194. The first kappa shape index (κ1) is 43.8. The second-order valence-electron chi connectivity index (χ2n) is 18.6. The number of hydrogen-bond acceptors (Lipinski definition) is 14. The third kappa shape index (κ3) is 7.04. The molecular formula is C44H66O14. The highest BCUT2D eigenvalue weighted by Crippen LogP contribution is 2.72. The van der Waals surface area contributed by atoms with Gasteiger partial charge in [0.05, 0.1) is 47.1 Å². The lowest BCUT2D eigenvalue weighted by molar-refractivity contribution is -0.344. The van der Waals surface area contributed by atoms with Gasteiger partial charge in [0.2, 0.25) is 0 Å². The number of methoxy groups -OCH3 is 2. The smallest absolute Gasteiger partial charge is 0.338 e. The average molecular weight is 819 g/mol. The van der Waals surface area contributed by atoms with Gasteiger partial charge in [-0.2, -0.15) is 0 Å². The van der Waals surface area contributed by atoms with Crippen molar-refractivity contribution in [1.29, 1.82) is 0 Å². The number of hydrogen-bond donors (Lipinski definition) is 4. The minimum absolute atomic E-state index is 0.0316.